The summed E-state index contributed by atoms with van der Waals surface area (Å²) >= 11 is 5.25. The SMILES string of the molecule is CC(C)c1cccc(C(C)C)c1N=C=O.CCOC(=O)N=C=O.O=C=NCCCCl.O=C=NCc1ccccc1. The number of carbonyl (C=O) groups excluding carboxylic acids is 5. The predicted octanol–water partition coefficient (Wildman–Crippen LogP) is 6.85. The lowest BCUT2D eigenvalue weighted by Crippen LogP contribution is -1.95. The number of nitrogens with zero attached hydrogens (tertiary/aromatic N) is 4. The van der Waals surface area contributed by atoms with Gasteiger partial charge in [-0.3, -0.25) is 0 Å². The number of benzene rings is 2. The summed E-state index contributed by atoms with van der Waals surface area (Å²) in [6.45, 7) is 11.2. The number of para-hydroxylation sites is 1. The molecule has 2 rings (SSSR count). The van der Waals surface area contributed by atoms with Crippen molar-refractivity contribution in [2.75, 3.05) is 19.0 Å². The number of amides is 1. The zero-order chi connectivity index (χ0) is 30.6. The number of isocyanates is 4. The molecule has 0 aliphatic rings. The highest BCUT2D eigenvalue weighted by Crippen LogP contribution is 2.34. The van der Waals surface area contributed by atoms with E-state index >= 15 is 0 Å². The molecule has 0 saturated heterocycles. The molecule has 1 amide bonds. The van der Waals surface area contributed by atoms with Crippen molar-refractivity contribution < 1.29 is 28.7 Å². The van der Waals surface area contributed by atoms with Crippen molar-refractivity contribution in [3.63, 3.8) is 0 Å². The van der Waals surface area contributed by atoms with Crippen molar-refractivity contribution in [2.45, 2.75) is 59.4 Å². The van der Waals surface area contributed by atoms with Crippen molar-refractivity contribution in [1.82, 2.24) is 0 Å². The predicted molar refractivity (Wildman–Crippen MR) is 154 cm³/mol. The molecule has 2 aromatic rings. The minimum atomic E-state index is -0.887. The number of alkyl halides is 1. The molecule has 0 N–H and O–H groups in total. The molecule has 0 aliphatic carbocycles. The minimum Gasteiger partial charge on any atom is -0.448 e. The molecule has 11 heteroatoms. The van der Waals surface area contributed by atoms with Crippen LogP contribution >= 0.6 is 11.6 Å². The largest absolute Gasteiger partial charge is 0.448 e. The van der Waals surface area contributed by atoms with Gasteiger partial charge in [0.05, 0.1) is 25.4 Å². The average molecular weight is 571 g/mol. The molecule has 214 valence electrons. The van der Waals surface area contributed by atoms with E-state index in [2.05, 4.69) is 52.4 Å². The van der Waals surface area contributed by atoms with Gasteiger partial charge < -0.3 is 4.74 Å². The molecule has 0 atom stereocenters. The third-order valence-corrected chi connectivity index (χ3v) is 4.81. The van der Waals surface area contributed by atoms with Crippen LogP contribution < -0.4 is 0 Å². The van der Waals surface area contributed by atoms with Crippen molar-refractivity contribution in [3.05, 3.63) is 65.2 Å². The quantitative estimate of drug-likeness (QED) is 0.139. The van der Waals surface area contributed by atoms with Gasteiger partial charge in [0, 0.05) is 5.88 Å². The third-order valence-electron chi connectivity index (χ3n) is 4.54. The summed E-state index contributed by atoms with van der Waals surface area (Å²) in [5.74, 6) is 1.30. The van der Waals surface area contributed by atoms with E-state index in [9.17, 15) is 24.0 Å². The molecule has 0 heterocycles. The molecular formula is C29H35ClN4O6. The zero-order valence-corrected chi connectivity index (χ0v) is 24.2. The molecule has 0 saturated carbocycles. The van der Waals surface area contributed by atoms with Crippen LogP contribution in [0.25, 0.3) is 0 Å². The lowest BCUT2D eigenvalue weighted by molar-refractivity contribution is 0.163. The Bertz CT molecular complexity index is 1150. The van der Waals surface area contributed by atoms with Crippen LogP contribution in [0.4, 0.5) is 10.5 Å². The van der Waals surface area contributed by atoms with Crippen LogP contribution in [-0.4, -0.2) is 49.4 Å². The maximum absolute atomic E-state index is 10.4. The summed E-state index contributed by atoms with van der Waals surface area (Å²) in [4.78, 5) is 62.0. The number of hydrogen-bond donors (Lipinski definition) is 0. The molecule has 0 bridgehead atoms. The van der Waals surface area contributed by atoms with E-state index in [1.54, 1.807) is 13.0 Å². The fourth-order valence-corrected chi connectivity index (χ4v) is 2.89. The normalized spacial score (nSPS) is 8.80. The molecule has 0 aromatic heterocycles. The number of halogens is 1. The van der Waals surface area contributed by atoms with E-state index in [0.717, 1.165) is 34.9 Å². The highest BCUT2D eigenvalue weighted by Gasteiger charge is 2.12. The second-order valence-electron chi connectivity index (χ2n) is 8.11. The number of rotatable bonds is 9. The molecule has 0 spiro atoms. The van der Waals surface area contributed by atoms with Gasteiger partial charge in [-0.25, -0.2) is 34.0 Å². The molecule has 10 nitrogen and oxygen atoms in total. The zero-order valence-electron chi connectivity index (χ0n) is 23.4. The standard InChI is InChI=1S/C13H17NO.C8H7NO.C4H6ClNO.C4H5NO3/c1-9(2)11-6-5-7-12(10(3)4)13(11)14-8-15;10-7-9-6-8-4-2-1-3-5-8;5-2-1-3-6-4-7;1-2-8-4(7)5-3-6/h5-7,9-10H,1-4H3;1-5H,6H2;1-3H2;2H2,1H3. The Hall–Kier alpha value is -4.28. The van der Waals surface area contributed by atoms with Gasteiger partial charge in [0.15, 0.2) is 0 Å². The van der Waals surface area contributed by atoms with E-state index < -0.39 is 6.09 Å². The monoisotopic (exact) mass is 570 g/mol. The molecule has 0 unspecified atom stereocenters. The second kappa shape index (κ2) is 26.3. The smallest absolute Gasteiger partial charge is 0.444 e. The van der Waals surface area contributed by atoms with Crippen molar-refractivity contribution in [1.29, 1.82) is 0 Å². The number of aliphatic imine (C=N–C) groups is 4. The van der Waals surface area contributed by atoms with Gasteiger partial charge >= 0.3 is 6.09 Å². The second-order valence-corrected chi connectivity index (χ2v) is 8.49. The Morgan fingerprint density at radius 1 is 0.825 bits per heavy atom. The molecular weight excluding hydrogens is 536 g/mol. The maximum atomic E-state index is 10.4. The third kappa shape index (κ3) is 19.8. The topological polar surface area (TPSA) is 144 Å². The Morgan fingerprint density at radius 3 is 1.82 bits per heavy atom. The number of ether oxygens (including phenoxy) is 1. The maximum Gasteiger partial charge on any atom is 0.444 e. The Kier molecular flexibility index (Phi) is 24.9. The summed E-state index contributed by atoms with van der Waals surface area (Å²) in [6, 6.07) is 15.6. The lowest BCUT2D eigenvalue weighted by atomic mass is 9.93. The summed E-state index contributed by atoms with van der Waals surface area (Å²) in [5.41, 5.74) is 4.07. The van der Waals surface area contributed by atoms with Gasteiger partial charge in [-0.1, -0.05) is 81.2 Å². The summed E-state index contributed by atoms with van der Waals surface area (Å²) in [7, 11) is 0. The Labute approximate surface area is 240 Å². The number of carbonyl (C=O) groups is 1. The summed E-state index contributed by atoms with van der Waals surface area (Å²) < 4.78 is 4.21. The Balaban J connectivity index is 0. The van der Waals surface area contributed by atoms with Crippen molar-refractivity contribution >= 4 is 47.7 Å². The first kappa shape index (κ1) is 37.9. The Morgan fingerprint density at radius 2 is 1.40 bits per heavy atom. The van der Waals surface area contributed by atoms with Gasteiger partial charge in [0.2, 0.25) is 24.3 Å². The van der Waals surface area contributed by atoms with Crippen molar-refractivity contribution in [2.24, 2.45) is 20.0 Å². The average Bonchev–Trinajstić information content (AvgIpc) is 2.94. The lowest BCUT2D eigenvalue weighted by Gasteiger charge is -2.14. The fourth-order valence-electron chi connectivity index (χ4n) is 2.77. The van der Waals surface area contributed by atoms with Gasteiger partial charge in [0.25, 0.3) is 0 Å². The molecule has 0 radical (unpaired) electrons. The van der Waals surface area contributed by atoms with Crippen LogP contribution in [-0.2, 0) is 30.5 Å². The summed E-state index contributed by atoms with van der Waals surface area (Å²) in [5, 5.41) is 0. The van der Waals surface area contributed by atoms with Crippen LogP contribution in [0.3, 0.4) is 0 Å². The molecule has 2 aromatic carbocycles. The van der Waals surface area contributed by atoms with E-state index in [-0.39, 0.29) is 6.61 Å². The fraction of sp³-hybridized carbons (Fsp3) is 0.414. The van der Waals surface area contributed by atoms with Gasteiger partial charge in [-0.05, 0) is 41.9 Å². The van der Waals surface area contributed by atoms with Crippen LogP contribution in [0, 0.1) is 0 Å². The first-order valence-corrected chi connectivity index (χ1v) is 12.9. The van der Waals surface area contributed by atoms with Crippen LogP contribution in [0.1, 0.15) is 69.6 Å². The van der Waals surface area contributed by atoms with E-state index in [1.807, 2.05) is 48.5 Å². The first-order valence-electron chi connectivity index (χ1n) is 12.4. The van der Waals surface area contributed by atoms with Gasteiger partial charge in [0.1, 0.15) is 0 Å². The molecule has 0 fully saturated rings. The van der Waals surface area contributed by atoms with E-state index in [0.29, 0.717) is 30.8 Å². The first-order chi connectivity index (χ1) is 19.2. The number of hydrogen-bond acceptors (Lipinski definition) is 9. The van der Waals surface area contributed by atoms with Gasteiger partial charge in [-0.2, -0.15) is 4.99 Å². The van der Waals surface area contributed by atoms with Crippen LogP contribution in [0.15, 0.2) is 68.5 Å². The molecule has 40 heavy (non-hydrogen) atoms. The van der Waals surface area contributed by atoms with Gasteiger partial charge in [-0.15, -0.1) is 11.6 Å². The molecule has 0 aliphatic heterocycles. The van der Waals surface area contributed by atoms with Crippen LogP contribution in [0.2, 0.25) is 0 Å². The van der Waals surface area contributed by atoms with E-state index in [1.165, 1.54) is 12.2 Å². The summed E-state index contributed by atoms with van der Waals surface area (Å²) in [6.07, 6.45) is 5.49. The van der Waals surface area contributed by atoms with E-state index in [4.69, 9.17) is 11.6 Å². The highest BCUT2D eigenvalue weighted by molar-refractivity contribution is 6.17. The van der Waals surface area contributed by atoms with Crippen molar-refractivity contribution in [3.8, 4) is 0 Å². The van der Waals surface area contributed by atoms with Crippen LogP contribution in [0.5, 0.6) is 0 Å². The minimum absolute atomic E-state index is 0.226. The highest BCUT2D eigenvalue weighted by atomic mass is 35.5.